The van der Waals surface area contributed by atoms with Crippen molar-refractivity contribution in [3.8, 4) is 11.1 Å². The van der Waals surface area contributed by atoms with Gasteiger partial charge < -0.3 is 0 Å². The van der Waals surface area contributed by atoms with Crippen molar-refractivity contribution in [1.29, 1.82) is 0 Å². The minimum absolute atomic E-state index is 0. The van der Waals surface area contributed by atoms with Crippen LogP contribution in [0.25, 0.3) is 17.2 Å². The van der Waals surface area contributed by atoms with Crippen molar-refractivity contribution in [2.75, 3.05) is 0 Å². The van der Waals surface area contributed by atoms with E-state index < -0.39 is 0 Å². The fraction of sp³-hybridized carbons (Fsp3) is 0. The van der Waals surface area contributed by atoms with E-state index in [0.29, 0.717) is 11.5 Å². The second kappa shape index (κ2) is 12.6. The van der Waals surface area contributed by atoms with E-state index in [1.165, 1.54) is 0 Å². The van der Waals surface area contributed by atoms with E-state index in [1.54, 1.807) is 31.1 Å². The molecule has 10 radical (unpaired) electrons. The summed E-state index contributed by atoms with van der Waals surface area (Å²) >= 11 is 0. The molecule has 2 nitrogen and oxygen atoms in total. The number of rotatable bonds is 5. The number of hydrogen-bond donors (Lipinski definition) is 0. The second-order valence-electron chi connectivity index (χ2n) is 6.20. The van der Waals surface area contributed by atoms with Crippen LogP contribution in [0.5, 0.6) is 0 Å². The Balaban J connectivity index is 0.000000437. The van der Waals surface area contributed by atoms with E-state index in [0.717, 1.165) is 23.0 Å². The fourth-order valence-electron chi connectivity index (χ4n) is 2.71. The Hall–Kier alpha value is -1.96. The van der Waals surface area contributed by atoms with Gasteiger partial charge in [-0.05, 0) is 86.6 Å². The number of carbonyl (C=O) groups is 2. The van der Waals surface area contributed by atoms with Crippen LogP contribution in [-0.2, 0) is 21.9 Å². The van der Waals surface area contributed by atoms with Crippen LogP contribution in [0.4, 0.5) is 0 Å². The number of aldehydes is 1. The van der Waals surface area contributed by atoms with Crippen LogP contribution in [0.2, 0.25) is 0 Å². The monoisotopic (exact) mass is 420 g/mol. The summed E-state index contributed by atoms with van der Waals surface area (Å²) < 4.78 is 0. The molecule has 0 heterocycles. The third kappa shape index (κ3) is 7.42. The molecule has 2 aliphatic rings. The molecule has 0 bridgehead atoms. The zero-order chi connectivity index (χ0) is 19.6. The van der Waals surface area contributed by atoms with Crippen molar-refractivity contribution in [3.05, 3.63) is 129 Å². The minimum Gasteiger partial charge on any atom is -0.298 e. The van der Waals surface area contributed by atoms with Crippen LogP contribution < -0.4 is 0 Å². The van der Waals surface area contributed by atoms with Crippen LogP contribution >= 0.6 is 0 Å². The summed E-state index contributed by atoms with van der Waals surface area (Å²) in [5, 5.41) is 0. The van der Waals surface area contributed by atoms with Gasteiger partial charge in [0.2, 0.25) is 0 Å². The Labute approximate surface area is 185 Å². The van der Waals surface area contributed by atoms with Crippen molar-refractivity contribution in [1.82, 2.24) is 0 Å². The van der Waals surface area contributed by atoms with Crippen molar-refractivity contribution < 1.29 is 26.7 Å². The summed E-state index contributed by atoms with van der Waals surface area (Å²) in [5.41, 5.74) is 3.65. The maximum Gasteiger partial charge on any atom is 2.00 e. The van der Waals surface area contributed by atoms with Crippen molar-refractivity contribution in [2.45, 2.75) is 0 Å². The van der Waals surface area contributed by atoms with Gasteiger partial charge in [-0.1, -0.05) is 48.5 Å². The van der Waals surface area contributed by atoms with Crippen LogP contribution in [0.1, 0.15) is 15.9 Å². The molecular formula is C26H20FeO2+2. The molecule has 2 aliphatic carbocycles. The average molecular weight is 420 g/mol. The first-order valence-electron chi connectivity index (χ1n) is 9.03. The quantitative estimate of drug-likeness (QED) is 0.380. The Kier molecular flexibility index (Phi) is 10.1. The molecule has 4 rings (SSSR count). The summed E-state index contributed by atoms with van der Waals surface area (Å²) in [7, 11) is 0. The molecule has 0 saturated heterocycles. The van der Waals surface area contributed by atoms with Gasteiger partial charge >= 0.3 is 17.1 Å². The molecule has 0 spiro atoms. The number of hydrogen-bond acceptors (Lipinski definition) is 2. The van der Waals surface area contributed by atoms with E-state index in [2.05, 4.69) is 0 Å². The van der Waals surface area contributed by atoms with E-state index in [4.69, 9.17) is 0 Å². The van der Waals surface area contributed by atoms with E-state index in [9.17, 15) is 9.59 Å². The summed E-state index contributed by atoms with van der Waals surface area (Å²) in [6, 6.07) is 15.4. The number of ketones is 1. The molecule has 0 aromatic heterocycles. The molecule has 142 valence electrons. The predicted molar refractivity (Wildman–Crippen MR) is 113 cm³/mol. The Morgan fingerprint density at radius 3 is 1.90 bits per heavy atom. The molecule has 2 aromatic rings. The molecule has 2 fully saturated rings. The SMILES string of the molecule is O=Cc1cccc(-c2ccc(/C=C/C(=O)[C]3[CH][CH][CH][CH]3)cc2)c1.[CH]1[CH][CH][CH][CH]1.[Fe+2]. The van der Waals surface area contributed by atoms with Crippen molar-refractivity contribution >= 4 is 18.1 Å². The zero-order valence-corrected chi connectivity index (χ0v) is 16.8. The molecule has 2 saturated carbocycles. The van der Waals surface area contributed by atoms with Crippen LogP contribution in [0.3, 0.4) is 0 Å². The van der Waals surface area contributed by atoms with E-state index >= 15 is 0 Å². The van der Waals surface area contributed by atoms with Crippen LogP contribution in [0.15, 0.2) is 54.6 Å². The number of carbonyl (C=O) groups excluding carboxylic acids is 2. The Morgan fingerprint density at radius 2 is 1.31 bits per heavy atom. The van der Waals surface area contributed by atoms with E-state index in [1.807, 2.05) is 87.4 Å². The summed E-state index contributed by atoms with van der Waals surface area (Å²) in [6.07, 6.45) is 21.5. The smallest absolute Gasteiger partial charge is 0.298 e. The van der Waals surface area contributed by atoms with Gasteiger partial charge in [0.1, 0.15) is 6.29 Å². The molecule has 0 aliphatic heterocycles. The molecular weight excluding hydrogens is 400 g/mol. The topological polar surface area (TPSA) is 34.1 Å². The average Bonchev–Trinajstić information content (AvgIpc) is 3.49. The van der Waals surface area contributed by atoms with Gasteiger partial charge in [0.25, 0.3) is 0 Å². The first kappa shape index (κ1) is 23.3. The fourth-order valence-corrected chi connectivity index (χ4v) is 2.71. The maximum absolute atomic E-state index is 11.9. The first-order valence-corrected chi connectivity index (χ1v) is 9.03. The zero-order valence-electron chi connectivity index (χ0n) is 15.7. The van der Waals surface area contributed by atoms with E-state index in [-0.39, 0.29) is 22.9 Å². The summed E-state index contributed by atoms with van der Waals surface area (Å²) in [4.78, 5) is 22.8. The molecule has 3 heteroatoms. The van der Waals surface area contributed by atoms with Gasteiger partial charge in [0, 0.05) is 5.56 Å². The van der Waals surface area contributed by atoms with Gasteiger partial charge in [-0.25, -0.2) is 0 Å². The number of allylic oxidation sites excluding steroid dienone is 1. The van der Waals surface area contributed by atoms with Crippen LogP contribution in [-0.4, -0.2) is 12.1 Å². The molecule has 0 atom stereocenters. The van der Waals surface area contributed by atoms with Gasteiger partial charge in [-0.15, -0.1) is 0 Å². The maximum atomic E-state index is 11.9. The van der Waals surface area contributed by atoms with Crippen molar-refractivity contribution in [2.24, 2.45) is 0 Å². The molecule has 0 unspecified atom stereocenters. The Bertz CT molecular complexity index is 790. The molecule has 29 heavy (non-hydrogen) atoms. The van der Waals surface area contributed by atoms with Crippen molar-refractivity contribution in [3.63, 3.8) is 0 Å². The normalized spacial score (nSPS) is 16.1. The predicted octanol–water partition coefficient (Wildman–Crippen LogP) is 5.17. The third-order valence-electron chi connectivity index (χ3n) is 4.20. The van der Waals surface area contributed by atoms with Gasteiger partial charge in [0.05, 0.1) is 5.92 Å². The Morgan fingerprint density at radius 1 is 0.690 bits per heavy atom. The van der Waals surface area contributed by atoms with Gasteiger partial charge in [-0.2, -0.15) is 0 Å². The largest absolute Gasteiger partial charge is 2.00 e. The summed E-state index contributed by atoms with van der Waals surface area (Å²) in [6.45, 7) is 0. The van der Waals surface area contributed by atoms with Crippen LogP contribution in [0, 0.1) is 63.7 Å². The summed E-state index contributed by atoms with van der Waals surface area (Å²) in [5.74, 6) is 0.696. The van der Waals surface area contributed by atoms with Gasteiger partial charge in [0.15, 0.2) is 5.78 Å². The molecule has 0 amide bonds. The minimum atomic E-state index is -0.00207. The number of benzene rings is 2. The molecule has 0 N–H and O–H groups in total. The first-order chi connectivity index (χ1) is 13.8. The second-order valence-corrected chi connectivity index (χ2v) is 6.20. The molecule has 2 aromatic carbocycles. The van der Waals surface area contributed by atoms with Gasteiger partial charge in [-0.3, -0.25) is 9.59 Å². The standard InChI is InChI=1S/C21H15O2.C5H5.Fe/c22-15-17-4-3-7-20(14-17)18-11-8-16(9-12-18)10-13-21(23)19-5-1-2-6-19;1-2-4-5-3-1;/h1-15H;1-5H;/q;;+2/b13-10+;;. The third-order valence-corrected chi connectivity index (χ3v) is 4.20.